The van der Waals surface area contributed by atoms with Crippen molar-refractivity contribution in [3.63, 3.8) is 0 Å². The van der Waals surface area contributed by atoms with Gasteiger partial charge < -0.3 is 9.47 Å². The Kier molecular flexibility index (Phi) is 7.77. The maximum absolute atomic E-state index is 12.1. The highest BCUT2D eigenvalue weighted by Crippen LogP contribution is 2.29. The number of nitrogens with zero attached hydrogens (tertiary/aromatic N) is 2. The third-order valence-corrected chi connectivity index (χ3v) is 4.84. The lowest BCUT2D eigenvalue weighted by molar-refractivity contribution is -0.385. The molecule has 0 aliphatic rings. The molecule has 3 rings (SSSR count). The number of carbonyl (C=O) groups excluding carboxylic acids is 1. The maximum atomic E-state index is 12.1. The second-order valence-electron chi connectivity index (χ2n) is 6.65. The molecular weight excluding hydrogens is 434 g/mol. The average molecular weight is 454 g/mol. The van der Waals surface area contributed by atoms with Crippen LogP contribution in [0.15, 0.2) is 71.8 Å². The van der Waals surface area contributed by atoms with Gasteiger partial charge in [0.1, 0.15) is 6.61 Å². The van der Waals surface area contributed by atoms with Gasteiger partial charge in [-0.1, -0.05) is 48.0 Å². The summed E-state index contributed by atoms with van der Waals surface area (Å²) < 4.78 is 11.2. The van der Waals surface area contributed by atoms with E-state index >= 15 is 0 Å². The topological polar surface area (TPSA) is 103 Å². The molecule has 0 aromatic heterocycles. The molecule has 164 valence electrons. The van der Waals surface area contributed by atoms with Crippen molar-refractivity contribution in [1.82, 2.24) is 5.43 Å². The van der Waals surface area contributed by atoms with E-state index in [1.54, 1.807) is 36.4 Å². The zero-order valence-electron chi connectivity index (χ0n) is 17.2. The molecule has 0 radical (unpaired) electrons. The summed E-state index contributed by atoms with van der Waals surface area (Å²) in [5, 5.41) is 15.6. The van der Waals surface area contributed by atoms with E-state index in [1.165, 1.54) is 25.5 Å². The number of methoxy groups -OCH3 is 1. The number of hydrogen-bond donors (Lipinski definition) is 1. The molecule has 3 aromatic rings. The van der Waals surface area contributed by atoms with Gasteiger partial charge in [-0.15, -0.1) is 0 Å². The highest BCUT2D eigenvalue weighted by Gasteiger charge is 2.15. The molecule has 0 bridgehead atoms. The number of nitro benzene ring substituents is 1. The van der Waals surface area contributed by atoms with Crippen LogP contribution in [0.3, 0.4) is 0 Å². The van der Waals surface area contributed by atoms with Crippen molar-refractivity contribution in [2.75, 3.05) is 7.11 Å². The molecule has 0 saturated heterocycles. The van der Waals surface area contributed by atoms with Crippen LogP contribution in [0.5, 0.6) is 11.5 Å². The summed E-state index contributed by atoms with van der Waals surface area (Å²) in [4.78, 5) is 22.6. The summed E-state index contributed by atoms with van der Waals surface area (Å²) in [6, 6.07) is 18.7. The monoisotopic (exact) mass is 453 g/mol. The molecule has 0 aliphatic heterocycles. The molecule has 0 saturated carbocycles. The number of halogens is 1. The molecule has 9 heteroatoms. The minimum atomic E-state index is -0.520. The predicted molar refractivity (Wildman–Crippen MR) is 121 cm³/mol. The van der Waals surface area contributed by atoms with Crippen LogP contribution in [0.4, 0.5) is 5.69 Å². The van der Waals surface area contributed by atoms with E-state index in [1.807, 2.05) is 18.2 Å². The van der Waals surface area contributed by atoms with Gasteiger partial charge in [0.2, 0.25) is 5.91 Å². The van der Waals surface area contributed by atoms with Crippen molar-refractivity contribution >= 4 is 29.4 Å². The number of carbonyl (C=O) groups is 1. The van der Waals surface area contributed by atoms with Crippen LogP contribution in [0, 0.1) is 10.1 Å². The summed E-state index contributed by atoms with van der Waals surface area (Å²) >= 11 is 6.15. The van der Waals surface area contributed by atoms with E-state index in [9.17, 15) is 14.9 Å². The molecule has 0 fully saturated rings. The first-order chi connectivity index (χ1) is 15.5. The van der Waals surface area contributed by atoms with Crippen molar-refractivity contribution < 1.29 is 19.2 Å². The normalized spacial score (nSPS) is 10.7. The number of para-hydroxylation sites is 1. The molecule has 0 heterocycles. The number of ether oxygens (including phenoxy) is 2. The van der Waals surface area contributed by atoms with Crippen LogP contribution in [0.1, 0.15) is 16.7 Å². The average Bonchev–Trinajstić information content (AvgIpc) is 2.79. The Hall–Kier alpha value is -3.91. The Bertz CT molecular complexity index is 1150. The first-order valence-electron chi connectivity index (χ1n) is 9.56. The Labute approximate surface area is 189 Å². The SMILES string of the molecule is COc1cc(C=NNC(=O)Cc2ccccc2[N+](=O)[O-])ccc1OCc1ccccc1Cl. The zero-order chi connectivity index (χ0) is 22.9. The minimum absolute atomic E-state index is 0.108. The third kappa shape index (κ3) is 6.05. The second kappa shape index (κ2) is 10.9. The Morgan fingerprint density at radius 3 is 2.53 bits per heavy atom. The molecule has 8 nitrogen and oxygen atoms in total. The Morgan fingerprint density at radius 1 is 1.09 bits per heavy atom. The molecular formula is C23H20ClN3O5. The van der Waals surface area contributed by atoms with E-state index in [0.717, 1.165) is 5.56 Å². The molecule has 0 atom stereocenters. The molecule has 32 heavy (non-hydrogen) atoms. The number of hydrogen-bond acceptors (Lipinski definition) is 6. The van der Waals surface area contributed by atoms with Crippen molar-refractivity contribution in [2.24, 2.45) is 5.10 Å². The first kappa shape index (κ1) is 22.8. The standard InChI is InChI=1S/C23H20ClN3O5/c1-31-22-12-16(10-11-21(22)32-15-18-7-2-4-8-19(18)24)14-25-26-23(28)13-17-6-3-5-9-20(17)27(29)30/h2-12,14H,13,15H2,1H3,(H,26,28). The number of nitro groups is 1. The van der Waals surface area contributed by atoms with E-state index < -0.39 is 10.8 Å². The van der Waals surface area contributed by atoms with E-state index in [0.29, 0.717) is 27.6 Å². The van der Waals surface area contributed by atoms with Gasteiger partial charge >= 0.3 is 0 Å². The number of rotatable bonds is 9. The van der Waals surface area contributed by atoms with E-state index in [4.69, 9.17) is 21.1 Å². The smallest absolute Gasteiger partial charge is 0.273 e. The highest BCUT2D eigenvalue weighted by molar-refractivity contribution is 6.31. The Morgan fingerprint density at radius 2 is 1.81 bits per heavy atom. The van der Waals surface area contributed by atoms with Gasteiger partial charge in [0.15, 0.2) is 11.5 Å². The number of hydrazone groups is 1. The summed E-state index contributed by atoms with van der Waals surface area (Å²) in [7, 11) is 1.52. The number of benzene rings is 3. The van der Waals surface area contributed by atoms with Gasteiger partial charge in [-0.05, 0) is 29.8 Å². The minimum Gasteiger partial charge on any atom is -0.493 e. The summed E-state index contributed by atoms with van der Waals surface area (Å²) in [5.74, 6) is 0.555. The highest BCUT2D eigenvalue weighted by atomic mass is 35.5. The lowest BCUT2D eigenvalue weighted by atomic mass is 10.1. The van der Waals surface area contributed by atoms with Gasteiger partial charge in [0.05, 0.1) is 24.7 Å². The summed E-state index contributed by atoms with van der Waals surface area (Å²) in [6.07, 6.45) is 1.28. The molecule has 0 unspecified atom stereocenters. The van der Waals surface area contributed by atoms with Crippen LogP contribution in [0.2, 0.25) is 5.02 Å². The van der Waals surface area contributed by atoms with Gasteiger partial charge in [0, 0.05) is 22.2 Å². The second-order valence-corrected chi connectivity index (χ2v) is 7.05. The lowest BCUT2D eigenvalue weighted by Crippen LogP contribution is -2.20. The molecule has 0 spiro atoms. The number of nitrogens with one attached hydrogen (secondary N) is 1. The molecule has 0 aliphatic carbocycles. The first-order valence-corrected chi connectivity index (χ1v) is 9.94. The number of amides is 1. The molecule has 1 N–H and O–H groups in total. The van der Waals surface area contributed by atoms with Crippen LogP contribution in [-0.4, -0.2) is 24.2 Å². The van der Waals surface area contributed by atoms with Gasteiger partial charge in [0.25, 0.3) is 5.69 Å². The van der Waals surface area contributed by atoms with Crippen molar-refractivity contribution in [3.05, 3.63) is 98.6 Å². The third-order valence-electron chi connectivity index (χ3n) is 4.47. The van der Waals surface area contributed by atoms with Crippen LogP contribution >= 0.6 is 11.6 Å². The van der Waals surface area contributed by atoms with Crippen molar-refractivity contribution in [3.8, 4) is 11.5 Å². The lowest BCUT2D eigenvalue weighted by Gasteiger charge is -2.12. The largest absolute Gasteiger partial charge is 0.493 e. The van der Waals surface area contributed by atoms with Gasteiger partial charge in [-0.25, -0.2) is 5.43 Å². The quantitative estimate of drug-likeness (QED) is 0.291. The summed E-state index contributed by atoms with van der Waals surface area (Å²) in [6.45, 7) is 0.283. The van der Waals surface area contributed by atoms with E-state index in [-0.39, 0.29) is 18.7 Å². The van der Waals surface area contributed by atoms with E-state index in [2.05, 4.69) is 10.5 Å². The Balaban J connectivity index is 1.60. The predicted octanol–water partition coefficient (Wildman–Crippen LogP) is 4.53. The summed E-state index contributed by atoms with van der Waals surface area (Å²) in [5.41, 5.74) is 4.09. The van der Waals surface area contributed by atoms with Gasteiger partial charge in [-0.3, -0.25) is 14.9 Å². The zero-order valence-corrected chi connectivity index (χ0v) is 17.9. The fourth-order valence-electron chi connectivity index (χ4n) is 2.88. The van der Waals surface area contributed by atoms with Crippen LogP contribution < -0.4 is 14.9 Å². The van der Waals surface area contributed by atoms with Crippen LogP contribution in [-0.2, 0) is 17.8 Å². The van der Waals surface area contributed by atoms with Crippen molar-refractivity contribution in [1.29, 1.82) is 0 Å². The molecule has 1 amide bonds. The van der Waals surface area contributed by atoms with Gasteiger partial charge in [-0.2, -0.15) is 5.10 Å². The maximum Gasteiger partial charge on any atom is 0.273 e. The van der Waals surface area contributed by atoms with Crippen LogP contribution in [0.25, 0.3) is 0 Å². The fraction of sp³-hybridized carbons (Fsp3) is 0.130. The van der Waals surface area contributed by atoms with Crippen molar-refractivity contribution in [2.45, 2.75) is 13.0 Å². The fourth-order valence-corrected chi connectivity index (χ4v) is 3.07. The molecule has 3 aromatic carbocycles.